The van der Waals surface area contributed by atoms with E-state index in [1.165, 1.54) is 0 Å². The minimum Gasteiger partial charge on any atom is -0.192 e. The van der Waals surface area contributed by atoms with Crippen LogP contribution >= 0.6 is 0 Å². The first kappa shape index (κ1) is 8.30. The van der Waals surface area contributed by atoms with Crippen LogP contribution in [0.4, 0.5) is 5.69 Å². The highest BCUT2D eigenvalue weighted by Crippen LogP contribution is 2.22. The average Bonchev–Trinajstić information content (AvgIpc) is 2.16. The quantitative estimate of drug-likeness (QED) is 0.616. The van der Waals surface area contributed by atoms with Crippen LogP contribution in [0.2, 0.25) is 0 Å². The Hall–Kier alpha value is -1.80. The highest BCUT2D eigenvalue weighted by Gasteiger charge is 2.11. The van der Waals surface area contributed by atoms with Crippen molar-refractivity contribution in [3.05, 3.63) is 34.2 Å². The molecule has 0 aliphatic heterocycles. The Morgan fingerprint density at radius 1 is 1.58 bits per heavy atom. The average molecular weight is 157 g/mol. The molecule has 0 spiro atoms. The van der Waals surface area contributed by atoms with Gasteiger partial charge >= 0.3 is 5.69 Å². The van der Waals surface area contributed by atoms with Gasteiger partial charge in [-0.25, -0.2) is 0 Å². The number of benzene rings is 1. The molecule has 0 N–H and O–H groups in total. The molecule has 0 radical (unpaired) electrons. The van der Waals surface area contributed by atoms with Gasteiger partial charge in [0.25, 0.3) is 6.57 Å². The predicted octanol–water partition coefficient (Wildman–Crippen LogP) is 2.71. The number of nitrogens with zero attached hydrogens (tertiary/aromatic N) is 2. The molecule has 0 aliphatic carbocycles. The van der Waals surface area contributed by atoms with Crippen molar-refractivity contribution in [3.63, 3.8) is 0 Å². The fourth-order valence-electron chi connectivity index (χ4n) is 1.17. The third-order valence-corrected chi connectivity index (χ3v) is 1.76. The molecule has 0 atom stereocenters. The van der Waals surface area contributed by atoms with E-state index in [9.17, 15) is 0 Å². The molecule has 1 rings (SSSR count). The van der Waals surface area contributed by atoms with Gasteiger partial charge in [-0.3, -0.25) is 0 Å². The van der Waals surface area contributed by atoms with E-state index in [-0.39, 0.29) is 0 Å². The Labute approximate surface area is 71.9 Å². The molecule has 0 aromatic heterocycles. The SMILES string of the molecule is C#[N+]c1cccc(C#N)c1CC. The van der Waals surface area contributed by atoms with Crippen molar-refractivity contribution < 1.29 is 0 Å². The molecular weight excluding hydrogens is 148 g/mol. The number of hydrogen-bond donors (Lipinski definition) is 0. The van der Waals surface area contributed by atoms with E-state index in [0.29, 0.717) is 11.3 Å². The van der Waals surface area contributed by atoms with E-state index in [1.54, 1.807) is 18.2 Å². The molecule has 1 aromatic rings. The normalized spacial score (nSPS) is 8.58. The minimum absolute atomic E-state index is 0.657. The summed E-state index contributed by atoms with van der Waals surface area (Å²) in [6.45, 7) is 7.14. The molecule has 58 valence electrons. The van der Waals surface area contributed by atoms with Gasteiger partial charge in [0.2, 0.25) is 0 Å². The van der Waals surface area contributed by atoms with Crippen molar-refractivity contribution in [3.8, 4) is 12.6 Å². The monoisotopic (exact) mass is 157 g/mol. The molecule has 12 heavy (non-hydrogen) atoms. The second-order valence-corrected chi connectivity index (χ2v) is 2.40. The number of hydrogen-bond acceptors (Lipinski definition) is 1. The first-order valence-electron chi connectivity index (χ1n) is 3.76. The third kappa shape index (κ3) is 1.28. The maximum Gasteiger partial charge on any atom is 0.344 e. The molecule has 0 saturated heterocycles. The minimum atomic E-state index is 0.657. The first-order chi connectivity index (χ1) is 5.83. The van der Waals surface area contributed by atoms with Crippen LogP contribution in [0, 0.1) is 17.9 Å². The van der Waals surface area contributed by atoms with Crippen molar-refractivity contribution in [2.24, 2.45) is 0 Å². The lowest BCUT2D eigenvalue weighted by Crippen LogP contribution is -1.86. The standard InChI is InChI=1S/C10H9N2/c1-3-9-8(7-11)5-4-6-10(9)12-2/h2,4-6H,3H2,1H3/q+1. The van der Waals surface area contributed by atoms with Crippen LogP contribution in [0.5, 0.6) is 0 Å². The molecule has 0 aliphatic rings. The van der Waals surface area contributed by atoms with E-state index in [4.69, 9.17) is 11.8 Å². The van der Waals surface area contributed by atoms with Crippen molar-refractivity contribution >= 4 is 5.69 Å². The molecular formula is C10H9N2+. The molecule has 0 fully saturated rings. The lowest BCUT2D eigenvalue weighted by atomic mass is 10.0. The van der Waals surface area contributed by atoms with Crippen molar-refractivity contribution in [2.75, 3.05) is 0 Å². The third-order valence-electron chi connectivity index (χ3n) is 1.76. The Morgan fingerprint density at radius 3 is 2.83 bits per heavy atom. The van der Waals surface area contributed by atoms with Crippen LogP contribution in [0.3, 0.4) is 0 Å². The van der Waals surface area contributed by atoms with E-state index >= 15 is 0 Å². The Kier molecular flexibility index (Phi) is 2.46. The maximum absolute atomic E-state index is 8.74. The van der Waals surface area contributed by atoms with Gasteiger partial charge in [-0.15, -0.1) is 0 Å². The van der Waals surface area contributed by atoms with E-state index in [0.717, 1.165) is 12.0 Å². The predicted molar refractivity (Wildman–Crippen MR) is 48.5 cm³/mol. The maximum atomic E-state index is 8.74. The summed E-state index contributed by atoms with van der Waals surface area (Å²) in [5.41, 5.74) is 2.28. The summed E-state index contributed by atoms with van der Waals surface area (Å²) in [5, 5.41) is 8.74. The molecule has 0 saturated carbocycles. The van der Waals surface area contributed by atoms with Gasteiger partial charge in [0.15, 0.2) is 0 Å². The van der Waals surface area contributed by atoms with Crippen LogP contribution in [-0.2, 0) is 6.42 Å². The van der Waals surface area contributed by atoms with Crippen LogP contribution in [-0.4, -0.2) is 0 Å². The smallest absolute Gasteiger partial charge is 0.192 e. The van der Waals surface area contributed by atoms with Gasteiger partial charge in [0.05, 0.1) is 17.2 Å². The van der Waals surface area contributed by atoms with Crippen LogP contribution in [0.25, 0.3) is 4.85 Å². The number of rotatable bonds is 1. The fourth-order valence-corrected chi connectivity index (χ4v) is 1.17. The zero-order valence-electron chi connectivity index (χ0n) is 6.91. The summed E-state index contributed by atoms with van der Waals surface area (Å²) in [5.74, 6) is 0. The molecule has 0 heterocycles. The molecule has 1 aromatic carbocycles. The molecule has 0 amide bonds. The highest BCUT2D eigenvalue weighted by atomic mass is 14.6. The molecule has 2 nitrogen and oxygen atoms in total. The second-order valence-electron chi connectivity index (χ2n) is 2.40. The zero-order chi connectivity index (χ0) is 8.97. The van der Waals surface area contributed by atoms with Gasteiger partial charge in [0.1, 0.15) is 0 Å². The molecule has 0 unspecified atom stereocenters. The summed E-state index contributed by atoms with van der Waals surface area (Å²) in [7, 11) is 0. The summed E-state index contributed by atoms with van der Waals surface area (Å²) >= 11 is 0. The topological polar surface area (TPSA) is 28.1 Å². The molecule has 2 heteroatoms. The summed E-state index contributed by atoms with van der Waals surface area (Å²) < 4.78 is 0. The van der Waals surface area contributed by atoms with Gasteiger partial charge in [-0.05, 0) is 17.3 Å². The van der Waals surface area contributed by atoms with Gasteiger partial charge in [-0.2, -0.15) is 5.26 Å². The van der Waals surface area contributed by atoms with Crippen LogP contribution < -0.4 is 0 Å². The van der Waals surface area contributed by atoms with Crippen molar-refractivity contribution in [2.45, 2.75) is 13.3 Å². The zero-order valence-corrected chi connectivity index (χ0v) is 6.91. The van der Waals surface area contributed by atoms with Gasteiger partial charge in [-0.1, -0.05) is 13.0 Å². The fraction of sp³-hybridized carbons (Fsp3) is 0.200. The Morgan fingerprint density at radius 2 is 2.33 bits per heavy atom. The lowest BCUT2D eigenvalue weighted by molar-refractivity contribution is 1.14. The van der Waals surface area contributed by atoms with Crippen molar-refractivity contribution in [1.29, 1.82) is 5.26 Å². The summed E-state index contributed by atoms with van der Waals surface area (Å²) in [4.78, 5) is 3.60. The largest absolute Gasteiger partial charge is 0.344 e. The first-order valence-corrected chi connectivity index (χ1v) is 3.76. The molecule has 0 bridgehead atoms. The Bertz CT molecular complexity index is 334. The van der Waals surface area contributed by atoms with Gasteiger partial charge in [0, 0.05) is 6.07 Å². The lowest BCUT2D eigenvalue weighted by Gasteiger charge is -1.94. The Balaban J connectivity index is 3.37. The van der Waals surface area contributed by atoms with E-state index in [2.05, 4.69) is 10.9 Å². The van der Waals surface area contributed by atoms with Gasteiger partial charge < -0.3 is 0 Å². The highest BCUT2D eigenvalue weighted by molar-refractivity contribution is 5.59. The number of nitriles is 1. The summed E-state index contributed by atoms with van der Waals surface area (Å²) in [6, 6.07) is 7.46. The second kappa shape index (κ2) is 3.55. The van der Waals surface area contributed by atoms with Crippen molar-refractivity contribution in [1.82, 2.24) is 0 Å². The van der Waals surface area contributed by atoms with Crippen LogP contribution in [0.1, 0.15) is 18.1 Å². The summed E-state index contributed by atoms with van der Waals surface area (Å²) in [6.07, 6.45) is 0.778. The van der Waals surface area contributed by atoms with Crippen LogP contribution in [0.15, 0.2) is 18.2 Å². The van der Waals surface area contributed by atoms with E-state index in [1.807, 2.05) is 6.92 Å². The van der Waals surface area contributed by atoms with E-state index < -0.39 is 0 Å².